The molecule has 112 valence electrons. The van der Waals surface area contributed by atoms with Gasteiger partial charge in [0, 0.05) is 6.54 Å². The van der Waals surface area contributed by atoms with E-state index in [2.05, 4.69) is 16.9 Å². The molecule has 0 radical (unpaired) electrons. The van der Waals surface area contributed by atoms with Crippen LogP contribution in [0.15, 0.2) is 18.2 Å². The Hall–Kier alpha value is -1.07. The van der Waals surface area contributed by atoms with Gasteiger partial charge in [-0.15, -0.1) is 0 Å². The van der Waals surface area contributed by atoms with Crippen molar-refractivity contribution in [2.45, 2.75) is 39.0 Å². The summed E-state index contributed by atoms with van der Waals surface area (Å²) in [7, 11) is -3.14. The first-order chi connectivity index (χ1) is 9.61. The van der Waals surface area contributed by atoms with Crippen molar-refractivity contribution in [2.75, 3.05) is 18.9 Å². The normalized spacial score (nSPS) is 14.2. The van der Waals surface area contributed by atoms with Crippen molar-refractivity contribution >= 4 is 10.0 Å². The van der Waals surface area contributed by atoms with Crippen LogP contribution in [-0.2, 0) is 22.9 Å². The second-order valence-electron chi connectivity index (χ2n) is 5.20. The highest BCUT2D eigenvalue weighted by Crippen LogP contribution is 2.25. The Morgan fingerprint density at radius 1 is 1.25 bits per heavy atom. The molecule has 1 aliphatic carbocycles. The molecule has 0 bridgehead atoms. The van der Waals surface area contributed by atoms with E-state index in [-0.39, 0.29) is 5.75 Å². The zero-order valence-electron chi connectivity index (χ0n) is 12.0. The number of sulfonamides is 1. The fourth-order valence-electron chi connectivity index (χ4n) is 2.41. The molecule has 2 rings (SSSR count). The van der Waals surface area contributed by atoms with E-state index in [1.54, 1.807) is 0 Å². The number of fused-ring (bicyclic) bond motifs is 1. The summed E-state index contributed by atoms with van der Waals surface area (Å²) in [5.74, 6) is 1.03. The van der Waals surface area contributed by atoms with Gasteiger partial charge in [-0.3, -0.25) is 0 Å². The quantitative estimate of drug-likeness (QED) is 0.749. The van der Waals surface area contributed by atoms with Gasteiger partial charge in [-0.1, -0.05) is 19.4 Å². The lowest BCUT2D eigenvalue weighted by atomic mass is 10.1. The molecule has 0 aliphatic heterocycles. The maximum absolute atomic E-state index is 11.6. The van der Waals surface area contributed by atoms with E-state index in [1.165, 1.54) is 17.5 Å². The lowest BCUT2D eigenvalue weighted by Gasteiger charge is -2.09. The second-order valence-corrected chi connectivity index (χ2v) is 7.13. The highest BCUT2D eigenvalue weighted by Gasteiger charge is 2.11. The lowest BCUT2D eigenvalue weighted by molar-refractivity contribution is 0.322. The van der Waals surface area contributed by atoms with Gasteiger partial charge in [0.15, 0.2) is 0 Å². The van der Waals surface area contributed by atoms with Crippen molar-refractivity contribution in [3.8, 4) is 5.75 Å². The monoisotopic (exact) mass is 297 g/mol. The molecule has 0 heterocycles. The Balaban J connectivity index is 1.73. The molecule has 0 unspecified atom stereocenters. The summed E-state index contributed by atoms with van der Waals surface area (Å²) in [6.07, 6.45) is 5.08. The summed E-state index contributed by atoms with van der Waals surface area (Å²) in [6, 6.07) is 6.16. The van der Waals surface area contributed by atoms with E-state index in [0.29, 0.717) is 19.6 Å². The topological polar surface area (TPSA) is 55.4 Å². The third-order valence-corrected chi connectivity index (χ3v) is 5.00. The maximum atomic E-state index is 11.6. The van der Waals surface area contributed by atoms with Crippen LogP contribution in [0.2, 0.25) is 0 Å². The van der Waals surface area contributed by atoms with E-state index < -0.39 is 10.0 Å². The molecule has 0 spiro atoms. The molecule has 0 atom stereocenters. The summed E-state index contributed by atoms with van der Waals surface area (Å²) in [4.78, 5) is 0. The molecule has 20 heavy (non-hydrogen) atoms. The highest BCUT2D eigenvalue weighted by molar-refractivity contribution is 7.89. The number of hydrogen-bond acceptors (Lipinski definition) is 3. The number of nitrogens with one attached hydrogen (secondary N) is 1. The zero-order valence-corrected chi connectivity index (χ0v) is 12.8. The predicted octanol–water partition coefficient (Wildman–Crippen LogP) is 2.27. The first-order valence-electron chi connectivity index (χ1n) is 7.32. The van der Waals surface area contributed by atoms with Crippen molar-refractivity contribution in [1.82, 2.24) is 4.72 Å². The Kier molecular flexibility index (Phi) is 5.43. The highest BCUT2D eigenvalue weighted by atomic mass is 32.2. The van der Waals surface area contributed by atoms with Crippen LogP contribution < -0.4 is 9.46 Å². The summed E-state index contributed by atoms with van der Waals surface area (Å²) < 4.78 is 31.3. The van der Waals surface area contributed by atoms with Crippen molar-refractivity contribution in [3.63, 3.8) is 0 Å². The molecule has 1 aromatic carbocycles. The Bertz CT molecular complexity index is 540. The van der Waals surface area contributed by atoms with Crippen molar-refractivity contribution in [2.24, 2.45) is 0 Å². The molecule has 1 N–H and O–H groups in total. The number of unbranched alkanes of at least 4 members (excludes halogenated alkanes) is 1. The Morgan fingerprint density at radius 2 is 2.05 bits per heavy atom. The van der Waals surface area contributed by atoms with Crippen LogP contribution in [0.4, 0.5) is 0 Å². The predicted molar refractivity (Wildman–Crippen MR) is 80.7 cm³/mol. The maximum Gasteiger partial charge on any atom is 0.211 e. The SMILES string of the molecule is CCCCS(=O)(=O)NCCOc1ccc2c(c1)CCC2. The van der Waals surface area contributed by atoms with E-state index in [1.807, 2.05) is 13.0 Å². The summed E-state index contributed by atoms with van der Waals surface area (Å²) >= 11 is 0. The third-order valence-electron chi connectivity index (χ3n) is 3.53. The minimum absolute atomic E-state index is 0.197. The largest absolute Gasteiger partial charge is 0.492 e. The second kappa shape index (κ2) is 7.09. The van der Waals surface area contributed by atoms with E-state index in [0.717, 1.165) is 25.0 Å². The summed E-state index contributed by atoms with van der Waals surface area (Å²) in [5.41, 5.74) is 2.78. The molecular weight excluding hydrogens is 274 g/mol. The van der Waals surface area contributed by atoms with Gasteiger partial charge in [0.25, 0.3) is 0 Å². The van der Waals surface area contributed by atoms with Crippen LogP contribution in [0.3, 0.4) is 0 Å². The Labute approximate surface area is 121 Å². The van der Waals surface area contributed by atoms with Gasteiger partial charge in [0.05, 0.1) is 5.75 Å². The molecule has 0 aromatic heterocycles. The van der Waals surface area contributed by atoms with Gasteiger partial charge in [-0.2, -0.15) is 0 Å². The lowest BCUT2D eigenvalue weighted by Crippen LogP contribution is -2.30. The standard InChI is InChI=1S/C15H23NO3S/c1-2-3-11-20(17,18)16-9-10-19-15-8-7-13-5-4-6-14(13)12-15/h7-8,12,16H,2-6,9-11H2,1H3. The van der Waals surface area contributed by atoms with Crippen LogP contribution in [0.5, 0.6) is 5.75 Å². The van der Waals surface area contributed by atoms with E-state index in [4.69, 9.17) is 4.74 Å². The molecular formula is C15H23NO3S. The Morgan fingerprint density at radius 3 is 2.85 bits per heavy atom. The average Bonchev–Trinajstić information content (AvgIpc) is 2.89. The van der Waals surface area contributed by atoms with Crippen molar-refractivity contribution in [1.29, 1.82) is 0 Å². The zero-order chi connectivity index (χ0) is 14.4. The van der Waals surface area contributed by atoms with Crippen LogP contribution in [0.1, 0.15) is 37.3 Å². The minimum atomic E-state index is -3.14. The third kappa shape index (κ3) is 4.49. The summed E-state index contributed by atoms with van der Waals surface area (Å²) in [6.45, 7) is 2.67. The van der Waals surface area contributed by atoms with Crippen molar-refractivity contribution in [3.05, 3.63) is 29.3 Å². The van der Waals surface area contributed by atoms with Crippen LogP contribution in [-0.4, -0.2) is 27.3 Å². The number of benzene rings is 1. The molecule has 0 saturated heterocycles. The van der Waals surface area contributed by atoms with Gasteiger partial charge >= 0.3 is 0 Å². The fourth-order valence-corrected chi connectivity index (χ4v) is 3.62. The number of ether oxygens (including phenoxy) is 1. The molecule has 5 heteroatoms. The van der Waals surface area contributed by atoms with Gasteiger partial charge in [0.1, 0.15) is 12.4 Å². The molecule has 1 aliphatic rings. The number of hydrogen-bond donors (Lipinski definition) is 1. The molecule has 0 fully saturated rings. The number of rotatable bonds is 8. The van der Waals surface area contributed by atoms with Gasteiger partial charge < -0.3 is 4.74 Å². The van der Waals surface area contributed by atoms with Crippen molar-refractivity contribution < 1.29 is 13.2 Å². The molecule has 4 nitrogen and oxygen atoms in total. The molecule has 1 aromatic rings. The minimum Gasteiger partial charge on any atom is -0.492 e. The molecule has 0 saturated carbocycles. The first-order valence-corrected chi connectivity index (χ1v) is 8.98. The van der Waals surface area contributed by atoms with Crippen LogP contribution in [0, 0.1) is 0 Å². The van der Waals surface area contributed by atoms with E-state index >= 15 is 0 Å². The fraction of sp³-hybridized carbons (Fsp3) is 0.600. The smallest absolute Gasteiger partial charge is 0.211 e. The van der Waals surface area contributed by atoms with Crippen LogP contribution >= 0.6 is 0 Å². The average molecular weight is 297 g/mol. The van der Waals surface area contributed by atoms with E-state index in [9.17, 15) is 8.42 Å². The van der Waals surface area contributed by atoms with Gasteiger partial charge in [-0.05, 0) is 48.9 Å². The van der Waals surface area contributed by atoms with Crippen LogP contribution in [0.25, 0.3) is 0 Å². The van der Waals surface area contributed by atoms with Gasteiger partial charge in [0.2, 0.25) is 10.0 Å². The number of aryl methyl sites for hydroxylation is 2. The molecule has 0 amide bonds. The first kappa shape index (κ1) is 15.3. The summed E-state index contributed by atoms with van der Waals surface area (Å²) in [5, 5.41) is 0. The van der Waals surface area contributed by atoms with Gasteiger partial charge in [-0.25, -0.2) is 13.1 Å².